The summed E-state index contributed by atoms with van der Waals surface area (Å²) >= 11 is 5.17. The van der Waals surface area contributed by atoms with E-state index in [0.29, 0.717) is 0 Å². The van der Waals surface area contributed by atoms with Gasteiger partial charge in [-0.25, -0.2) is 9.97 Å². The van der Waals surface area contributed by atoms with Gasteiger partial charge in [0.1, 0.15) is 11.0 Å². The van der Waals surface area contributed by atoms with E-state index in [1.165, 1.54) is 6.33 Å². The van der Waals surface area contributed by atoms with Gasteiger partial charge >= 0.3 is 0 Å². The Labute approximate surface area is 74.2 Å². The van der Waals surface area contributed by atoms with Crippen LogP contribution in [0.4, 0.5) is 0 Å². The van der Waals surface area contributed by atoms with Gasteiger partial charge in [0, 0.05) is 7.05 Å². The molecule has 0 aromatic carbocycles. The molecule has 2 rings (SSSR count). The van der Waals surface area contributed by atoms with Gasteiger partial charge in [-0.15, -0.1) is 0 Å². The van der Waals surface area contributed by atoms with Crippen LogP contribution < -0.4 is 0 Å². The van der Waals surface area contributed by atoms with E-state index in [-0.39, 0.29) is 0 Å². The van der Waals surface area contributed by atoms with Crippen molar-refractivity contribution < 1.29 is 0 Å². The van der Waals surface area contributed by atoms with Crippen LogP contribution in [0.2, 0.25) is 0 Å². The molecule has 0 bridgehead atoms. The fraction of sp³-hybridized carbons (Fsp3) is 0.286. The first-order chi connectivity index (χ1) is 5.70. The average molecular weight is 180 g/mol. The number of hydrogen-bond donors (Lipinski definition) is 1. The summed E-state index contributed by atoms with van der Waals surface area (Å²) in [5, 5.41) is 3.97. The largest absolute Gasteiger partial charge is 0.280 e. The molecule has 0 saturated carbocycles. The molecule has 2 heterocycles. The summed E-state index contributed by atoms with van der Waals surface area (Å²) in [4.78, 5) is 8.14. The number of aromatic amines is 1. The molecule has 0 atom stereocenters. The lowest BCUT2D eigenvalue weighted by molar-refractivity contribution is 0.765. The third kappa shape index (κ3) is 0.863. The highest BCUT2D eigenvalue weighted by Gasteiger charge is 2.04. The highest BCUT2D eigenvalue weighted by molar-refractivity contribution is 7.71. The maximum absolute atomic E-state index is 5.17. The lowest BCUT2D eigenvalue weighted by Gasteiger charge is -1.89. The molecule has 12 heavy (non-hydrogen) atoms. The minimum atomic E-state index is 0.753. The van der Waals surface area contributed by atoms with Crippen molar-refractivity contribution >= 4 is 23.3 Å². The molecule has 2 aromatic rings. The maximum atomic E-state index is 5.17. The Morgan fingerprint density at radius 1 is 1.50 bits per heavy atom. The Morgan fingerprint density at radius 2 is 2.25 bits per heavy atom. The summed E-state index contributed by atoms with van der Waals surface area (Å²) in [6, 6.07) is 0. The Hall–Kier alpha value is -1.23. The zero-order valence-corrected chi connectivity index (χ0v) is 7.64. The zero-order valence-electron chi connectivity index (χ0n) is 6.83. The van der Waals surface area contributed by atoms with E-state index in [4.69, 9.17) is 12.2 Å². The lowest BCUT2D eigenvalue weighted by atomic mass is 10.3. The highest BCUT2D eigenvalue weighted by atomic mass is 32.1. The van der Waals surface area contributed by atoms with Crippen LogP contribution in [0, 0.1) is 11.6 Å². The molecule has 62 valence electrons. The van der Waals surface area contributed by atoms with Gasteiger partial charge in [0.25, 0.3) is 0 Å². The van der Waals surface area contributed by atoms with Crippen molar-refractivity contribution in [3.05, 3.63) is 16.7 Å². The molecule has 4 nitrogen and oxygen atoms in total. The molecular formula is C7H8N4S. The van der Waals surface area contributed by atoms with E-state index < -0.39 is 0 Å². The number of aryl methyl sites for hydroxylation is 2. The predicted molar refractivity (Wildman–Crippen MR) is 48.4 cm³/mol. The third-order valence-corrected chi connectivity index (χ3v) is 2.31. The summed E-state index contributed by atoms with van der Waals surface area (Å²) in [7, 11) is 1.86. The van der Waals surface area contributed by atoms with Crippen molar-refractivity contribution in [1.82, 2.24) is 19.7 Å². The second-order valence-electron chi connectivity index (χ2n) is 2.66. The van der Waals surface area contributed by atoms with Gasteiger partial charge in [-0.2, -0.15) is 0 Å². The second-order valence-corrected chi connectivity index (χ2v) is 3.05. The Bertz CT molecular complexity index is 482. The van der Waals surface area contributed by atoms with E-state index in [9.17, 15) is 0 Å². The smallest absolute Gasteiger partial charge is 0.158 e. The second kappa shape index (κ2) is 2.38. The standard InChI is InChI=1S/C7H8N4S/c1-4-5-6(9-3-8-4)10-11(2)7(5)12/h3H,1-2H3,(H,8,9,10). The fourth-order valence-corrected chi connectivity index (χ4v) is 1.48. The summed E-state index contributed by atoms with van der Waals surface area (Å²) in [6.45, 7) is 1.92. The molecule has 2 aromatic heterocycles. The average Bonchev–Trinajstić information content (AvgIpc) is 2.29. The topological polar surface area (TPSA) is 46.5 Å². The van der Waals surface area contributed by atoms with Crippen LogP contribution in [-0.4, -0.2) is 19.7 Å². The molecule has 0 fully saturated rings. The number of nitrogens with zero attached hydrogens (tertiary/aromatic N) is 3. The van der Waals surface area contributed by atoms with Gasteiger partial charge in [0.15, 0.2) is 5.65 Å². The first-order valence-electron chi connectivity index (χ1n) is 3.56. The van der Waals surface area contributed by atoms with Crippen LogP contribution in [0.15, 0.2) is 6.33 Å². The predicted octanol–water partition coefficient (Wildman–Crippen LogP) is 1.33. The van der Waals surface area contributed by atoms with Crippen LogP contribution in [0.5, 0.6) is 0 Å². The minimum Gasteiger partial charge on any atom is -0.280 e. The SMILES string of the molecule is Cc1ncnc2[nH]n(C)c(=S)c12. The van der Waals surface area contributed by atoms with Crippen LogP contribution in [0.3, 0.4) is 0 Å². The number of fused-ring (bicyclic) bond motifs is 1. The van der Waals surface area contributed by atoms with Gasteiger partial charge in [-0.1, -0.05) is 12.2 Å². The summed E-state index contributed by atoms with van der Waals surface area (Å²) in [6.07, 6.45) is 1.53. The van der Waals surface area contributed by atoms with Gasteiger partial charge in [0.05, 0.1) is 11.1 Å². The normalized spacial score (nSPS) is 10.8. The van der Waals surface area contributed by atoms with Gasteiger partial charge in [-0.3, -0.25) is 9.78 Å². The summed E-state index contributed by atoms with van der Waals surface area (Å²) < 4.78 is 2.52. The summed E-state index contributed by atoms with van der Waals surface area (Å²) in [5.41, 5.74) is 1.72. The minimum absolute atomic E-state index is 0.753. The molecule has 5 heteroatoms. The molecule has 0 unspecified atom stereocenters. The molecule has 0 amide bonds. The zero-order chi connectivity index (χ0) is 8.72. The molecule has 0 aliphatic rings. The van der Waals surface area contributed by atoms with Crippen LogP contribution in [-0.2, 0) is 7.05 Å². The molecule has 0 aliphatic carbocycles. The summed E-state index contributed by atoms with van der Waals surface area (Å²) in [5.74, 6) is 0. The monoisotopic (exact) mass is 180 g/mol. The Morgan fingerprint density at radius 3 is 2.92 bits per heavy atom. The molecule has 0 aliphatic heterocycles. The van der Waals surface area contributed by atoms with Crippen molar-refractivity contribution in [1.29, 1.82) is 0 Å². The Kier molecular flexibility index (Phi) is 1.47. The van der Waals surface area contributed by atoms with E-state index in [0.717, 1.165) is 21.4 Å². The van der Waals surface area contributed by atoms with Crippen molar-refractivity contribution in [3.63, 3.8) is 0 Å². The molecule has 0 saturated heterocycles. The highest BCUT2D eigenvalue weighted by Crippen LogP contribution is 2.13. The fourth-order valence-electron chi connectivity index (χ4n) is 1.19. The number of aromatic nitrogens is 4. The third-order valence-electron chi connectivity index (χ3n) is 1.83. The molecular weight excluding hydrogens is 172 g/mol. The van der Waals surface area contributed by atoms with Crippen molar-refractivity contribution in [3.8, 4) is 0 Å². The Balaban J connectivity index is 3.07. The number of hydrogen-bond acceptors (Lipinski definition) is 3. The first kappa shape index (κ1) is 7.42. The van der Waals surface area contributed by atoms with Crippen LogP contribution >= 0.6 is 12.2 Å². The van der Waals surface area contributed by atoms with Crippen LogP contribution in [0.1, 0.15) is 5.69 Å². The van der Waals surface area contributed by atoms with E-state index in [1.54, 1.807) is 4.68 Å². The molecule has 1 N–H and O–H groups in total. The molecule has 0 radical (unpaired) electrons. The number of H-pyrrole nitrogens is 1. The van der Waals surface area contributed by atoms with E-state index in [1.807, 2.05) is 14.0 Å². The van der Waals surface area contributed by atoms with E-state index in [2.05, 4.69) is 15.1 Å². The van der Waals surface area contributed by atoms with E-state index >= 15 is 0 Å². The number of nitrogens with one attached hydrogen (secondary N) is 1. The quantitative estimate of drug-likeness (QED) is 0.622. The van der Waals surface area contributed by atoms with Gasteiger partial charge < -0.3 is 0 Å². The van der Waals surface area contributed by atoms with Gasteiger partial charge in [-0.05, 0) is 6.92 Å². The molecule has 0 spiro atoms. The van der Waals surface area contributed by atoms with Gasteiger partial charge in [0.2, 0.25) is 0 Å². The first-order valence-corrected chi connectivity index (χ1v) is 3.97. The number of rotatable bonds is 0. The van der Waals surface area contributed by atoms with Crippen LogP contribution in [0.25, 0.3) is 11.0 Å². The van der Waals surface area contributed by atoms with Crippen molar-refractivity contribution in [2.45, 2.75) is 6.92 Å². The lowest BCUT2D eigenvalue weighted by Crippen LogP contribution is -1.87. The maximum Gasteiger partial charge on any atom is 0.158 e. The van der Waals surface area contributed by atoms with Crippen molar-refractivity contribution in [2.75, 3.05) is 0 Å². The van der Waals surface area contributed by atoms with Crippen molar-refractivity contribution in [2.24, 2.45) is 7.05 Å².